The molecule has 0 bridgehead atoms. The first kappa shape index (κ1) is 19.5. The lowest BCUT2D eigenvalue weighted by Crippen LogP contribution is -2.34. The van der Waals surface area contributed by atoms with E-state index in [2.05, 4.69) is 0 Å². The van der Waals surface area contributed by atoms with Gasteiger partial charge in [-0.05, 0) is 32.9 Å². The van der Waals surface area contributed by atoms with Gasteiger partial charge in [0, 0.05) is 17.7 Å². The molecule has 7 heteroatoms. The Labute approximate surface area is 179 Å². The summed E-state index contributed by atoms with van der Waals surface area (Å²) in [7, 11) is 0. The summed E-state index contributed by atoms with van der Waals surface area (Å²) in [5.74, 6) is 1.12. The van der Waals surface area contributed by atoms with E-state index in [9.17, 15) is 4.79 Å². The third-order valence-corrected chi connectivity index (χ3v) is 5.87. The predicted octanol–water partition coefficient (Wildman–Crippen LogP) is 4.85. The van der Waals surface area contributed by atoms with Crippen LogP contribution in [0.4, 0.5) is 0 Å². The van der Waals surface area contributed by atoms with Gasteiger partial charge in [-0.25, -0.2) is 9.67 Å². The van der Waals surface area contributed by atoms with E-state index in [4.69, 9.17) is 22.3 Å². The quantitative estimate of drug-likeness (QED) is 0.446. The van der Waals surface area contributed by atoms with Gasteiger partial charge in [0.2, 0.25) is 0 Å². The number of thiocarbonyl (C=S) groups is 1. The topological polar surface area (TPSA) is 51.0 Å². The Bertz CT molecular complexity index is 1100. The van der Waals surface area contributed by atoms with Crippen LogP contribution >= 0.6 is 24.0 Å². The molecule has 1 aliphatic heterocycles. The van der Waals surface area contributed by atoms with Crippen molar-refractivity contribution in [1.82, 2.24) is 19.7 Å². The number of hydrogen-bond acceptors (Lipinski definition) is 5. The molecule has 0 aliphatic carbocycles. The number of nitrogens with zero attached hydrogens (tertiary/aromatic N) is 4. The highest BCUT2D eigenvalue weighted by Crippen LogP contribution is 2.34. The van der Waals surface area contributed by atoms with Crippen molar-refractivity contribution in [3.8, 4) is 17.1 Å². The molecule has 1 fully saturated rings. The van der Waals surface area contributed by atoms with Gasteiger partial charge >= 0.3 is 0 Å². The third-order valence-electron chi connectivity index (χ3n) is 4.54. The van der Waals surface area contributed by atoms with Crippen LogP contribution in [-0.4, -0.2) is 35.9 Å². The summed E-state index contributed by atoms with van der Waals surface area (Å²) in [6.07, 6.45) is 1.78. The van der Waals surface area contributed by atoms with E-state index in [0.29, 0.717) is 20.9 Å². The molecule has 0 atom stereocenters. The first-order chi connectivity index (χ1) is 13.9. The average Bonchev–Trinajstić information content (AvgIpc) is 3.24. The van der Waals surface area contributed by atoms with Gasteiger partial charge in [0.05, 0.1) is 10.6 Å². The first-order valence-corrected chi connectivity index (χ1v) is 10.5. The van der Waals surface area contributed by atoms with Gasteiger partial charge in [-0.15, -0.1) is 5.10 Å². The Balaban J connectivity index is 1.81. The van der Waals surface area contributed by atoms with Crippen LogP contribution in [0.3, 0.4) is 0 Å². The number of benzene rings is 2. The summed E-state index contributed by atoms with van der Waals surface area (Å²) in [6.45, 7) is 5.95. The van der Waals surface area contributed by atoms with Gasteiger partial charge in [0.1, 0.15) is 4.32 Å². The summed E-state index contributed by atoms with van der Waals surface area (Å²) in [5.41, 5.74) is 2.98. The van der Waals surface area contributed by atoms with E-state index in [-0.39, 0.29) is 11.9 Å². The molecule has 0 N–H and O–H groups in total. The zero-order valence-electron chi connectivity index (χ0n) is 16.4. The van der Waals surface area contributed by atoms with Gasteiger partial charge in [-0.2, -0.15) is 0 Å². The number of amides is 1. The molecule has 1 aromatic heterocycles. The zero-order valence-corrected chi connectivity index (χ0v) is 18.0. The molecule has 1 amide bonds. The van der Waals surface area contributed by atoms with Crippen LogP contribution in [0.5, 0.6) is 0 Å². The second-order valence-electron chi connectivity index (χ2n) is 7.05. The van der Waals surface area contributed by atoms with Crippen molar-refractivity contribution in [2.75, 3.05) is 0 Å². The standard InChI is InChI=1S/C22H20N4OS2/c1-14(2)25-21(27)18(29-22(25)28)13-19-23-20(16-11-9-15(3)10-12-16)24-26(19)17-7-5-4-6-8-17/h4-14H,1-3H3. The number of rotatable bonds is 4. The molecule has 1 aliphatic rings. The molecule has 0 spiro atoms. The number of hydrogen-bond donors (Lipinski definition) is 0. The largest absolute Gasteiger partial charge is 0.290 e. The lowest BCUT2D eigenvalue weighted by atomic mass is 10.1. The van der Waals surface area contributed by atoms with Crippen molar-refractivity contribution in [3.05, 3.63) is 70.9 Å². The minimum Gasteiger partial charge on any atom is -0.290 e. The van der Waals surface area contributed by atoms with Gasteiger partial charge < -0.3 is 0 Å². The van der Waals surface area contributed by atoms with Crippen LogP contribution in [0.15, 0.2) is 59.5 Å². The highest BCUT2D eigenvalue weighted by molar-refractivity contribution is 8.26. The van der Waals surface area contributed by atoms with Gasteiger partial charge in [-0.3, -0.25) is 9.69 Å². The third kappa shape index (κ3) is 3.88. The summed E-state index contributed by atoms with van der Waals surface area (Å²) < 4.78 is 2.33. The SMILES string of the molecule is Cc1ccc(-c2nc(C=C3SC(=S)N(C(C)C)C3=O)n(-c3ccccc3)n2)cc1. The Kier molecular flexibility index (Phi) is 5.34. The summed E-state index contributed by atoms with van der Waals surface area (Å²) >= 11 is 6.70. The van der Waals surface area contributed by atoms with E-state index in [1.165, 1.54) is 17.3 Å². The molecule has 2 aromatic carbocycles. The van der Waals surface area contributed by atoms with E-state index < -0.39 is 0 Å². The second-order valence-corrected chi connectivity index (χ2v) is 8.73. The van der Waals surface area contributed by atoms with E-state index in [0.717, 1.165) is 11.3 Å². The van der Waals surface area contributed by atoms with Crippen LogP contribution in [-0.2, 0) is 4.79 Å². The van der Waals surface area contributed by atoms with Gasteiger partial charge in [0.25, 0.3) is 5.91 Å². The Morgan fingerprint density at radius 1 is 1.07 bits per heavy atom. The maximum absolute atomic E-state index is 12.8. The highest BCUT2D eigenvalue weighted by atomic mass is 32.2. The van der Waals surface area contributed by atoms with Crippen LogP contribution in [0.1, 0.15) is 25.2 Å². The minimum absolute atomic E-state index is 0.0171. The zero-order chi connectivity index (χ0) is 20.5. The maximum atomic E-state index is 12.8. The van der Waals surface area contributed by atoms with Crippen molar-refractivity contribution in [2.45, 2.75) is 26.8 Å². The monoisotopic (exact) mass is 420 g/mol. The maximum Gasteiger partial charge on any atom is 0.266 e. The molecule has 0 saturated carbocycles. The minimum atomic E-state index is -0.0884. The van der Waals surface area contributed by atoms with Crippen molar-refractivity contribution >= 4 is 40.3 Å². The van der Waals surface area contributed by atoms with Crippen molar-refractivity contribution in [3.63, 3.8) is 0 Å². The Hall–Kier alpha value is -2.77. The van der Waals surface area contributed by atoms with Crippen LogP contribution < -0.4 is 0 Å². The second kappa shape index (κ2) is 7.93. The molecular weight excluding hydrogens is 400 g/mol. The number of aryl methyl sites for hydroxylation is 1. The molecule has 0 unspecified atom stereocenters. The summed E-state index contributed by atoms with van der Waals surface area (Å²) in [4.78, 5) is 19.7. The van der Waals surface area contributed by atoms with Crippen molar-refractivity contribution in [1.29, 1.82) is 0 Å². The normalized spacial score (nSPS) is 15.7. The van der Waals surface area contributed by atoms with Gasteiger partial charge in [-0.1, -0.05) is 72.0 Å². The molecule has 2 heterocycles. The fourth-order valence-electron chi connectivity index (χ4n) is 3.04. The lowest BCUT2D eigenvalue weighted by Gasteiger charge is -2.18. The first-order valence-electron chi connectivity index (χ1n) is 9.30. The number of para-hydroxylation sites is 1. The molecule has 1 saturated heterocycles. The van der Waals surface area contributed by atoms with E-state index in [1.54, 1.807) is 15.7 Å². The average molecular weight is 421 g/mol. The Morgan fingerprint density at radius 2 is 1.76 bits per heavy atom. The molecule has 4 rings (SSSR count). The fraction of sp³-hybridized carbons (Fsp3) is 0.182. The molecular formula is C22H20N4OS2. The number of carbonyl (C=O) groups excluding carboxylic acids is 1. The van der Waals surface area contributed by atoms with Crippen LogP contribution in [0.2, 0.25) is 0 Å². The Morgan fingerprint density at radius 3 is 2.38 bits per heavy atom. The highest BCUT2D eigenvalue weighted by Gasteiger charge is 2.34. The number of thioether (sulfide) groups is 1. The number of carbonyl (C=O) groups is 1. The smallest absolute Gasteiger partial charge is 0.266 e. The predicted molar refractivity (Wildman–Crippen MR) is 122 cm³/mol. The van der Waals surface area contributed by atoms with Crippen molar-refractivity contribution < 1.29 is 4.79 Å². The summed E-state index contributed by atoms with van der Waals surface area (Å²) in [5, 5.41) is 4.71. The van der Waals surface area contributed by atoms with E-state index in [1.807, 2.05) is 75.4 Å². The van der Waals surface area contributed by atoms with E-state index >= 15 is 0 Å². The van der Waals surface area contributed by atoms with Crippen LogP contribution in [0.25, 0.3) is 23.2 Å². The van der Waals surface area contributed by atoms with Gasteiger partial charge in [0.15, 0.2) is 11.6 Å². The van der Waals surface area contributed by atoms with Crippen LogP contribution in [0, 0.1) is 6.92 Å². The molecule has 5 nitrogen and oxygen atoms in total. The lowest BCUT2D eigenvalue weighted by molar-refractivity contribution is -0.123. The molecule has 146 valence electrons. The summed E-state index contributed by atoms with van der Waals surface area (Å²) in [6, 6.07) is 17.9. The fourth-order valence-corrected chi connectivity index (χ4v) is 4.54. The molecule has 29 heavy (non-hydrogen) atoms. The molecule has 0 radical (unpaired) electrons. The molecule has 3 aromatic rings. The van der Waals surface area contributed by atoms with Crippen molar-refractivity contribution in [2.24, 2.45) is 0 Å². The number of aromatic nitrogens is 3.